The van der Waals surface area contributed by atoms with Crippen LogP contribution < -0.4 is 0 Å². The van der Waals surface area contributed by atoms with E-state index in [-0.39, 0.29) is 0 Å². The first kappa shape index (κ1) is 13.9. The summed E-state index contributed by atoms with van der Waals surface area (Å²) in [5, 5.41) is 0. The van der Waals surface area contributed by atoms with E-state index >= 15 is 0 Å². The van der Waals surface area contributed by atoms with Crippen LogP contribution in [-0.2, 0) is 0 Å². The monoisotopic (exact) mass is 418 g/mol. The van der Waals surface area contributed by atoms with Crippen molar-refractivity contribution < 1.29 is 8.78 Å². The molecule has 1 aromatic heterocycles. The topological polar surface area (TPSA) is 20.7 Å². The van der Waals surface area contributed by atoms with Crippen LogP contribution in [0.4, 0.5) is 8.78 Å². The Labute approximate surface area is 134 Å². The Hall–Kier alpha value is -1.05. The van der Waals surface area contributed by atoms with E-state index in [1.807, 2.05) is 0 Å². The standard InChI is InChI=1S/C13H6Br2F2N2S/c14-7-2-1-6(3-9(7)16)19-12-5-10(17)8(15)4-11(12)18-13(19)20/h1-5H,(H,18,20). The number of fused-ring (bicyclic) bond motifs is 1. The molecule has 0 aliphatic rings. The number of hydrogen-bond acceptors (Lipinski definition) is 1. The van der Waals surface area contributed by atoms with Crippen LogP contribution in [-0.4, -0.2) is 9.55 Å². The van der Waals surface area contributed by atoms with Gasteiger partial charge in [0.25, 0.3) is 0 Å². The fourth-order valence-corrected chi connectivity index (χ4v) is 2.89. The summed E-state index contributed by atoms with van der Waals surface area (Å²) in [7, 11) is 0. The van der Waals surface area contributed by atoms with E-state index in [1.54, 1.807) is 22.8 Å². The predicted molar refractivity (Wildman–Crippen MR) is 83.8 cm³/mol. The highest BCUT2D eigenvalue weighted by Gasteiger charge is 2.11. The third kappa shape index (κ3) is 2.23. The van der Waals surface area contributed by atoms with Gasteiger partial charge in [0.15, 0.2) is 4.77 Å². The van der Waals surface area contributed by atoms with Gasteiger partial charge in [0, 0.05) is 6.07 Å². The zero-order chi connectivity index (χ0) is 14.4. The Morgan fingerprint density at radius 2 is 1.70 bits per heavy atom. The highest BCUT2D eigenvalue weighted by molar-refractivity contribution is 9.10. The van der Waals surface area contributed by atoms with E-state index in [1.165, 1.54) is 12.1 Å². The number of rotatable bonds is 1. The maximum atomic E-state index is 13.7. The minimum atomic E-state index is -0.406. The Morgan fingerprint density at radius 3 is 2.40 bits per heavy atom. The molecule has 0 amide bonds. The summed E-state index contributed by atoms with van der Waals surface area (Å²) in [4.78, 5) is 2.97. The van der Waals surface area contributed by atoms with Crippen LogP contribution in [0.15, 0.2) is 39.3 Å². The molecule has 1 heterocycles. The van der Waals surface area contributed by atoms with Crippen LogP contribution in [0.3, 0.4) is 0 Å². The molecule has 3 aromatic rings. The fourth-order valence-electron chi connectivity index (χ4n) is 1.98. The number of H-pyrrole nitrogens is 1. The molecule has 0 aliphatic carbocycles. The zero-order valence-corrected chi connectivity index (χ0v) is 13.7. The molecule has 7 heteroatoms. The van der Waals surface area contributed by atoms with Crippen molar-refractivity contribution in [1.82, 2.24) is 9.55 Å². The van der Waals surface area contributed by atoms with Crippen LogP contribution in [0.1, 0.15) is 0 Å². The van der Waals surface area contributed by atoms with Gasteiger partial charge < -0.3 is 4.98 Å². The van der Waals surface area contributed by atoms with E-state index < -0.39 is 11.6 Å². The molecule has 3 rings (SSSR count). The van der Waals surface area contributed by atoms with Crippen molar-refractivity contribution in [2.75, 3.05) is 0 Å². The van der Waals surface area contributed by atoms with E-state index in [0.29, 0.717) is 30.4 Å². The molecule has 20 heavy (non-hydrogen) atoms. The average molecular weight is 420 g/mol. The average Bonchev–Trinajstić information content (AvgIpc) is 2.69. The van der Waals surface area contributed by atoms with E-state index in [0.717, 1.165) is 0 Å². The first-order valence-electron chi connectivity index (χ1n) is 5.52. The third-order valence-corrected chi connectivity index (χ3v) is 4.42. The van der Waals surface area contributed by atoms with Crippen molar-refractivity contribution >= 4 is 55.1 Å². The number of halogens is 4. The van der Waals surface area contributed by atoms with Crippen LogP contribution in [0.2, 0.25) is 0 Å². The van der Waals surface area contributed by atoms with Crippen LogP contribution in [0, 0.1) is 16.4 Å². The van der Waals surface area contributed by atoms with E-state index in [9.17, 15) is 8.78 Å². The maximum absolute atomic E-state index is 13.7. The van der Waals surface area contributed by atoms with Crippen molar-refractivity contribution in [2.24, 2.45) is 0 Å². The molecule has 0 radical (unpaired) electrons. The third-order valence-electron chi connectivity index (χ3n) is 2.89. The van der Waals surface area contributed by atoms with Crippen LogP contribution in [0.25, 0.3) is 16.7 Å². The van der Waals surface area contributed by atoms with Crippen molar-refractivity contribution in [3.8, 4) is 5.69 Å². The zero-order valence-electron chi connectivity index (χ0n) is 9.75. The number of aromatic amines is 1. The highest BCUT2D eigenvalue weighted by atomic mass is 79.9. The number of nitrogens with one attached hydrogen (secondary N) is 1. The van der Waals surface area contributed by atoms with Gasteiger partial charge in [-0.25, -0.2) is 8.78 Å². The Morgan fingerprint density at radius 1 is 1.00 bits per heavy atom. The van der Waals surface area contributed by atoms with E-state index in [2.05, 4.69) is 36.8 Å². The summed E-state index contributed by atoms with van der Waals surface area (Å²) in [6, 6.07) is 7.58. The van der Waals surface area contributed by atoms with Gasteiger partial charge >= 0.3 is 0 Å². The molecule has 2 nitrogen and oxygen atoms in total. The first-order valence-corrected chi connectivity index (χ1v) is 7.52. The summed E-state index contributed by atoms with van der Waals surface area (Å²) in [5.41, 5.74) is 1.76. The second-order valence-corrected chi connectivity index (χ2v) is 6.24. The molecule has 2 aromatic carbocycles. The molecule has 0 unspecified atom stereocenters. The molecule has 0 fully saturated rings. The van der Waals surface area contributed by atoms with Gasteiger partial charge in [0.1, 0.15) is 11.6 Å². The molecule has 1 N–H and O–H groups in total. The largest absolute Gasteiger partial charge is 0.330 e. The molecule has 0 spiro atoms. The van der Waals surface area contributed by atoms with Crippen LogP contribution >= 0.6 is 44.1 Å². The fraction of sp³-hybridized carbons (Fsp3) is 0. The number of imidazole rings is 1. The lowest BCUT2D eigenvalue weighted by atomic mass is 10.2. The van der Waals surface area contributed by atoms with Crippen molar-refractivity contribution in [2.45, 2.75) is 0 Å². The number of benzene rings is 2. The molecule has 0 bridgehead atoms. The van der Waals surface area contributed by atoms with Gasteiger partial charge in [-0.1, -0.05) is 0 Å². The first-order chi connectivity index (χ1) is 9.47. The normalized spacial score (nSPS) is 11.2. The second kappa shape index (κ2) is 5.05. The molecular formula is C13H6Br2F2N2S. The number of aromatic nitrogens is 2. The van der Waals surface area contributed by atoms with Crippen molar-refractivity contribution in [3.63, 3.8) is 0 Å². The summed E-state index contributed by atoms with van der Waals surface area (Å²) in [6.07, 6.45) is 0. The van der Waals surface area contributed by atoms with Gasteiger partial charge in [-0.15, -0.1) is 0 Å². The highest BCUT2D eigenvalue weighted by Crippen LogP contribution is 2.27. The smallest absolute Gasteiger partial charge is 0.182 e. The van der Waals surface area contributed by atoms with Gasteiger partial charge in [0.05, 0.1) is 25.7 Å². The molecule has 0 saturated carbocycles. The summed E-state index contributed by atoms with van der Waals surface area (Å²) in [6.45, 7) is 0. The molecule has 0 atom stereocenters. The predicted octanol–water partition coefficient (Wildman–Crippen LogP) is 5.49. The lowest BCUT2D eigenvalue weighted by molar-refractivity contribution is 0.619. The van der Waals surface area contributed by atoms with Gasteiger partial charge in [-0.3, -0.25) is 4.57 Å². The van der Waals surface area contributed by atoms with Crippen molar-refractivity contribution in [1.29, 1.82) is 0 Å². The minimum absolute atomic E-state index is 0.343. The lowest BCUT2D eigenvalue weighted by Crippen LogP contribution is -1.95. The molecule has 0 saturated heterocycles. The summed E-state index contributed by atoms with van der Waals surface area (Å²) < 4.78 is 30.0. The van der Waals surface area contributed by atoms with Gasteiger partial charge in [-0.2, -0.15) is 0 Å². The van der Waals surface area contributed by atoms with E-state index in [4.69, 9.17) is 12.2 Å². The number of hydrogen-bond donors (Lipinski definition) is 1. The Bertz CT molecular complexity index is 886. The number of nitrogens with zero attached hydrogens (tertiary/aromatic N) is 1. The lowest BCUT2D eigenvalue weighted by Gasteiger charge is -2.06. The Kier molecular flexibility index (Phi) is 3.51. The quantitative estimate of drug-likeness (QED) is 0.517. The maximum Gasteiger partial charge on any atom is 0.182 e. The van der Waals surface area contributed by atoms with Crippen LogP contribution in [0.5, 0.6) is 0 Å². The second-order valence-electron chi connectivity index (χ2n) is 4.15. The molecular weight excluding hydrogens is 414 g/mol. The minimum Gasteiger partial charge on any atom is -0.330 e. The van der Waals surface area contributed by atoms with Gasteiger partial charge in [-0.05, 0) is 68.3 Å². The van der Waals surface area contributed by atoms with Crippen molar-refractivity contribution in [3.05, 3.63) is 55.7 Å². The molecule has 102 valence electrons. The Balaban J connectivity index is 2.35. The van der Waals surface area contributed by atoms with Gasteiger partial charge in [0.2, 0.25) is 0 Å². The SMILES string of the molecule is Fc1cc(-n2c(=S)[nH]c3cc(Br)c(F)cc32)ccc1Br. The summed E-state index contributed by atoms with van der Waals surface area (Å²) in [5.74, 6) is -0.811. The molecule has 0 aliphatic heterocycles. The summed E-state index contributed by atoms with van der Waals surface area (Å²) >= 11 is 11.5.